The van der Waals surface area contributed by atoms with E-state index in [0.717, 1.165) is 62.1 Å². The van der Waals surface area contributed by atoms with Crippen molar-refractivity contribution in [1.29, 1.82) is 0 Å². The first-order chi connectivity index (χ1) is 18.2. The van der Waals surface area contributed by atoms with Crippen LogP contribution < -0.4 is 15.4 Å². The molecular formula is C26H27N9O2. The Hall–Kier alpha value is -4.25. The van der Waals surface area contributed by atoms with Crippen molar-refractivity contribution in [1.82, 2.24) is 34.4 Å². The molecule has 11 nitrogen and oxygen atoms in total. The first kappa shape index (κ1) is 22.0. The van der Waals surface area contributed by atoms with Crippen LogP contribution >= 0.6 is 0 Å². The summed E-state index contributed by atoms with van der Waals surface area (Å²) in [5, 5.41) is 6.60. The molecule has 4 aromatic heterocycles. The first-order valence-corrected chi connectivity index (χ1v) is 12.6. The lowest BCUT2D eigenvalue weighted by atomic mass is 9.91. The summed E-state index contributed by atoms with van der Waals surface area (Å²) in [5.41, 5.74) is 6.22. The zero-order valence-electron chi connectivity index (χ0n) is 20.3. The Kier molecular flexibility index (Phi) is 5.35. The minimum Gasteiger partial charge on any atom is -0.493 e. The van der Waals surface area contributed by atoms with Crippen LogP contribution in [0.1, 0.15) is 12.8 Å². The molecule has 0 spiro atoms. The standard InChI is InChI=1S/C26H27N9O2/c27-24-30-25(31-26-29-23(32-35(24)26)22-5-2-12-36-22)34-11-10-33-14-17(6-7-19(33)15-34)16-37-21-4-1-3-18-13-28-9-8-20(18)21/h1-5,8-9,12-13,17,19H,6-7,10-11,14-16H2,(H2,27,29,30,31,32)/t17-,19-/m0/s1. The quantitative estimate of drug-likeness (QED) is 0.388. The molecule has 2 N–H and O–H groups in total. The lowest BCUT2D eigenvalue weighted by molar-refractivity contribution is 0.0729. The number of piperidine rings is 1. The second-order valence-electron chi connectivity index (χ2n) is 9.71. The van der Waals surface area contributed by atoms with Crippen LogP contribution in [0.2, 0.25) is 0 Å². The number of piperazine rings is 1. The summed E-state index contributed by atoms with van der Waals surface area (Å²) < 4.78 is 13.2. The summed E-state index contributed by atoms with van der Waals surface area (Å²) in [6.45, 7) is 4.38. The van der Waals surface area contributed by atoms with Gasteiger partial charge in [-0.1, -0.05) is 12.1 Å². The maximum absolute atomic E-state index is 6.29. The van der Waals surface area contributed by atoms with Crippen LogP contribution in [-0.4, -0.2) is 73.3 Å². The van der Waals surface area contributed by atoms with E-state index in [2.05, 4.69) is 40.9 Å². The van der Waals surface area contributed by atoms with Crippen LogP contribution in [0.15, 0.2) is 59.5 Å². The molecule has 1 aromatic carbocycles. The highest BCUT2D eigenvalue weighted by Crippen LogP contribution is 2.30. The van der Waals surface area contributed by atoms with Crippen molar-refractivity contribution in [3.8, 4) is 17.3 Å². The van der Waals surface area contributed by atoms with E-state index in [1.54, 1.807) is 18.4 Å². The third-order valence-electron chi connectivity index (χ3n) is 7.37. The molecule has 0 saturated carbocycles. The molecule has 2 fully saturated rings. The number of hydrogen-bond acceptors (Lipinski definition) is 10. The molecule has 0 aliphatic carbocycles. The molecular weight excluding hydrogens is 470 g/mol. The topological polar surface area (TPSA) is 124 Å². The summed E-state index contributed by atoms with van der Waals surface area (Å²) in [4.78, 5) is 22.7. The summed E-state index contributed by atoms with van der Waals surface area (Å²) in [7, 11) is 0. The van der Waals surface area contributed by atoms with Gasteiger partial charge in [0, 0.05) is 61.3 Å². The van der Waals surface area contributed by atoms with E-state index in [-0.39, 0.29) is 5.95 Å². The fourth-order valence-electron chi connectivity index (χ4n) is 5.45. The Morgan fingerprint density at radius 2 is 2.00 bits per heavy atom. The van der Waals surface area contributed by atoms with Gasteiger partial charge in [-0.2, -0.15) is 19.5 Å². The van der Waals surface area contributed by atoms with Gasteiger partial charge in [0.25, 0.3) is 5.78 Å². The van der Waals surface area contributed by atoms with Crippen molar-refractivity contribution in [3.05, 3.63) is 55.1 Å². The second kappa shape index (κ2) is 9.00. The van der Waals surface area contributed by atoms with Crippen molar-refractivity contribution in [2.45, 2.75) is 18.9 Å². The predicted molar refractivity (Wildman–Crippen MR) is 138 cm³/mol. The molecule has 11 heteroatoms. The molecule has 5 aromatic rings. The fraction of sp³-hybridized carbons (Fsp3) is 0.346. The SMILES string of the molecule is Nc1nc(N2CCN3C[C@@H](COc4cccc5cnccc45)CC[C@H]3C2)nc2nc(-c3ccco3)nn12. The van der Waals surface area contributed by atoms with Crippen molar-refractivity contribution in [2.24, 2.45) is 5.92 Å². The molecule has 2 saturated heterocycles. The van der Waals surface area contributed by atoms with E-state index in [9.17, 15) is 0 Å². The molecule has 37 heavy (non-hydrogen) atoms. The number of anilines is 2. The Bertz CT molecular complexity index is 1550. The van der Waals surface area contributed by atoms with E-state index >= 15 is 0 Å². The maximum atomic E-state index is 6.29. The van der Waals surface area contributed by atoms with Gasteiger partial charge in [-0.25, -0.2) is 0 Å². The highest BCUT2D eigenvalue weighted by Gasteiger charge is 2.34. The first-order valence-electron chi connectivity index (χ1n) is 12.6. The van der Waals surface area contributed by atoms with Gasteiger partial charge >= 0.3 is 0 Å². The zero-order valence-corrected chi connectivity index (χ0v) is 20.3. The van der Waals surface area contributed by atoms with Gasteiger partial charge in [0.2, 0.25) is 17.7 Å². The molecule has 7 rings (SSSR count). The van der Waals surface area contributed by atoms with Crippen LogP contribution in [-0.2, 0) is 0 Å². The highest BCUT2D eigenvalue weighted by atomic mass is 16.5. The molecule has 2 atom stereocenters. The van der Waals surface area contributed by atoms with Gasteiger partial charge in [0.15, 0.2) is 5.76 Å². The summed E-state index contributed by atoms with van der Waals surface area (Å²) in [6.07, 6.45) is 7.51. The van der Waals surface area contributed by atoms with E-state index in [1.165, 1.54) is 4.52 Å². The van der Waals surface area contributed by atoms with Gasteiger partial charge < -0.3 is 19.8 Å². The predicted octanol–water partition coefficient (Wildman–Crippen LogP) is 2.89. The number of fused-ring (bicyclic) bond motifs is 3. The number of benzene rings is 1. The van der Waals surface area contributed by atoms with Crippen LogP contribution in [0, 0.1) is 5.92 Å². The summed E-state index contributed by atoms with van der Waals surface area (Å²) in [6, 6.07) is 12.2. The van der Waals surface area contributed by atoms with Crippen molar-refractivity contribution in [3.63, 3.8) is 0 Å². The molecule has 0 bridgehead atoms. The Morgan fingerprint density at radius 1 is 1.03 bits per heavy atom. The molecule has 0 radical (unpaired) electrons. The Balaban J connectivity index is 1.01. The fourth-order valence-corrected chi connectivity index (χ4v) is 5.45. The number of pyridine rings is 1. The minimum atomic E-state index is 0.262. The molecule has 6 heterocycles. The highest BCUT2D eigenvalue weighted by molar-refractivity contribution is 5.87. The lowest BCUT2D eigenvalue weighted by Gasteiger charge is -2.46. The number of nitrogen functional groups attached to an aromatic ring is 1. The summed E-state index contributed by atoms with van der Waals surface area (Å²) in [5.74, 6) is 3.71. The van der Waals surface area contributed by atoms with E-state index in [1.807, 2.05) is 30.6 Å². The number of nitrogens with two attached hydrogens (primary N) is 1. The summed E-state index contributed by atoms with van der Waals surface area (Å²) >= 11 is 0. The van der Waals surface area contributed by atoms with Crippen LogP contribution in [0.25, 0.3) is 28.1 Å². The van der Waals surface area contributed by atoms with Gasteiger partial charge in [-0.05, 0) is 37.1 Å². The van der Waals surface area contributed by atoms with Crippen LogP contribution in [0.5, 0.6) is 5.75 Å². The van der Waals surface area contributed by atoms with Gasteiger partial charge in [-0.15, -0.1) is 5.10 Å². The smallest absolute Gasteiger partial charge is 0.259 e. The largest absolute Gasteiger partial charge is 0.493 e. The van der Waals surface area contributed by atoms with Crippen LogP contribution in [0.3, 0.4) is 0 Å². The van der Waals surface area contributed by atoms with E-state index < -0.39 is 0 Å². The maximum Gasteiger partial charge on any atom is 0.259 e. The minimum absolute atomic E-state index is 0.262. The number of nitrogens with zero attached hydrogens (tertiary/aromatic N) is 8. The third-order valence-corrected chi connectivity index (χ3v) is 7.37. The Morgan fingerprint density at radius 3 is 2.92 bits per heavy atom. The average molecular weight is 498 g/mol. The number of rotatable bonds is 5. The van der Waals surface area contributed by atoms with Crippen molar-refractivity contribution < 1.29 is 9.15 Å². The molecule has 2 aliphatic heterocycles. The number of hydrogen-bond donors (Lipinski definition) is 1. The lowest BCUT2D eigenvalue weighted by Crippen LogP contribution is -2.57. The van der Waals surface area contributed by atoms with Crippen molar-refractivity contribution in [2.75, 3.05) is 43.4 Å². The molecule has 2 aliphatic rings. The number of furan rings is 1. The number of aromatic nitrogens is 6. The number of ether oxygens (including phenoxy) is 1. The monoisotopic (exact) mass is 497 g/mol. The van der Waals surface area contributed by atoms with Gasteiger partial charge in [0.05, 0.1) is 12.9 Å². The van der Waals surface area contributed by atoms with Crippen molar-refractivity contribution >= 4 is 28.4 Å². The Labute approximate surface area is 212 Å². The third kappa shape index (κ3) is 4.10. The average Bonchev–Trinajstić information content (AvgIpc) is 3.62. The van der Waals surface area contributed by atoms with Crippen LogP contribution in [0.4, 0.5) is 11.9 Å². The second-order valence-corrected chi connectivity index (χ2v) is 9.71. The van der Waals surface area contributed by atoms with E-state index in [4.69, 9.17) is 14.9 Å². The zero-order chi connectivity index (χ0) is 24.8. The molecule has 188 valence electrons. The van der Waals surface area contributed by atoms with Gasteiger partial charge in [0.1, 0.15) is 5.75 Å². The van der Waals surface area contributed by atoms with Gasteiger partial charge in [-0.3, -0.25) is 9.88 Å². The normalized spacial score (nSPS) is 20.4. The molecule has 0 unspecified atom stereocenters. The van der Waals surface area contributed by atoms with E-state index in [0.29, 0.717) is 35.3 Å². The molecule has 0 amide bonds.